The summed E-state index contributed by atoms with van der Waals surface area (Å²) in [7, 11) is 0. The van der Waals surface area contributed by atoms with E-state index in [1.165, 1.54) is 36.3 Å². The van der Waals surface area contributed by atoms with E-state index in [0.29, 0.717) is 6.10 Å². The lowest BCUT2D eigenvalue weighted by Gasteiger charge is -2.35. The first kappa shape index (κ1) is 13.8. The van der Waals surface area contributed by atoms with E-state index < -0.39 is 0 Å². The number of anilines is 1. The first-order valence-electron chi connectivity index (χ1n) is 8.01. The molecule has 0 N–H and O–H groups in total. The number of aryl methyl sites for hydroxylation is 2. The van der Waals surface area contributed by atoms with Gasteiger partial charge in [0, 0.05) is 24.3 Å². The van der Waals surface area contributed by atoms with Crippen LogP contribution in [0.2, 0.25) is 0 Å². The molecule has 1 saturated heterocycles. The Morgan fingerprint density at radius 1 is 1.25 bits per heavy atom. The molecular formula is C16H25N3O. The first-order valence-corrected chi connectivity index (χ1v) is 8.01. The summed E-state index contributed by atoms with van der Waals surface area (Å²) in [6.45, 7) is 7.00. The lowest BCUT2D eigenvalue weighted by atomic mass is 9.95. The predicted molar refractivity (Wildman–Crippen MR) is 80.3 cm³/mol. The van der Waals surface area contributed by atoms with Crippen LogP contribution in [0.4, 0.5) is 5.82 Å². The van der Waals surface area contributed by atoms with Crippen molar-refractivity contribution in [2.75, 3.05) is 24.6 Å². The Labute approximate surface area is 121 Å². The van der Waals surface area contributed by atoms with Crippen molar-refractivity contribution in [2.45, 2.75) is 58.5 Å². The fraction of sp³-hybridized carbons (Fsp3) is 0.750. The van der Waals surface area contributed by atoms with Gasteiger partial charge < -0.3 is 9.64 Å². The first-order chi connectivity index (χ1) is 9.78. The van der Waals surface area contributed by atoms with Gasteiger partial charge in [-0.3, -0.25) is 0 Å². The van der Waals surface area contributed by atoms with Gasteiger partial charge >= 0.3 is 0 Å². The number of rotatable bonds is 3. The summed E-state index contributed by atoms with van der Waals surface area (Å²) in [5, 5.41) is 0. The highest BCUT2D eigenvalue weighted by Gasteiger charge is 2.25. The van der Waals surface area contributed by atoms with Crippen LogP contribution in [0, 0.1) is 6.92 Å². The van der Waals surface area contributed by atoms with Gasteiger partial charge in [0.15, 0.2) is 0 Å². The molecule has 1 aliphatic carbocycles. The minimum absolute atomic E-state index is 0.364. The van der Waals surface area contributed by atoms with Crippen molar-refractivity contribution in [3.05, 3.63) is 17.1 Å². The molecule has 20 heavy (non-hydrogen) atoms. The Morgan fingerprint density at radius 2 is 2.10 bits per heavy atom. The normalized spacial score (nSPS) is 22.7. The Bertz CT molecular complexity index is 473. The summed E-state index contributed by atoms with van der Waals surface area (Å²) in [5.41, 5.74) is 2.69. The Kier molecular flexibility index (Phi) is 4.20. The molecule has 4 heteroatoms. The van der Waals surface area contributed by atoms with E-state index in [1.807, 2.05) is 6.92 Å². The molecule has 0 spiro atoms. The molecule has 2 aliphatic rings. The molecular weight excluding hydrogens is 250 g/mol. The van der Waals surface area contributed by atoms with E-state index in [4.69, 9.17) is 9.72 Å². The van der Waals surface area contributed by atoms with Gasteiger partial charge in [-0.2, -0.15) is 0 Å². The molecule has 1 aromatic heterocycles. The number of fused-ring (bicyclic) bond motifs is 1. The maximum atomic E-state index is 5.86. The van der Waals surface area contributed by atoms with Crippen LogP contribution in [0.3, 0.4) is 0 Å². The minimum atomic E-state index is 0.364. The third-order valence-corrected chi connectivity index (χ3v) is 4.32. The second-order valence-corrected chi connectivity index (χ2v) is 5.95. The molecule has 110 valence electrons. The number of ether oxygens (including phenoxy) is 1. The fourth-order valence-electron chi connectivity index (χ4n) is 3.36. The number of hydrogen-bond donors (Lipinski definition) is 0. The molecule has 3 rings (SSSR count). The highest BCUT2D eigenvalue weighted by Crippen LogP contribution is 2.29. The average molecular weight is 275 g/mol. The van der Waals surface area contributed by atoms with Gasteiger partial charge in [-0.25, -0.2) is 9.97 Å². The van der Waals surface area contributed by atoms with Crippen LogP contribution in [0.15, 0.2) is 0 Å². The van der Waals surface area contributed by atoms with Gasteiger partial charge in [-0.05, 0) is 39.0 Å². The Morgan fingerprint density at radius 3 is 2.95 bits per heavy atom. The van der Waals surface area contributed by atoms with E-state index in [1.54, 1.807) is 0 Å². The van der Waals surface area contributed by atoms with Crippen LogP contribution >= 0.6 is 0 Å². The smallest absolute Gasteiger partial charge is 0.135 e. The second kappa shape index (κ2) is 6.08. The number of morpholine rings is 1. The zero-order chi connectivity index (χ0) is 13.9. The monoisotopic (exact) mass is 275 g/mol. The number of aromatic nitrogens is 2. The lowest BCUT2D eigenvalue weighted by Crippen LogP contribution is -2.43. The van der Waals surface area contributed by atoms with Crippen LogP contribution < -0.4 is 4.90 Å². The predicted octanol–water partition coefficient (Wildman–Crippen LogP) is 2.67. The molecule has 2 heterocycles. The van der Waals surface area contributed by atoms with E-state index in [0.717, 1.165) is 44.8 Å². The summed E-state index contributed by atoms with van der Waals surface area (Å²) in [5.74, 6) is 2.11. The maximum absolute atomic E-state index is 5.86. The molecule has 1 aromatic rings. The van der Waals surface area contributed by atoms with Crippen molar-refractivity contribution in [2.24, 2.45) is 0 Å². The van der Waals surface area contributed by atoms with Crippen molar-refractivity contribution in [1.82, 2.24) is 9.97 Å². The summed E-state index contributed by atoms with van der Waals surface area (Å²) >= 11 is 0. The molecule has 0 bridgehead atoms. The van der Waals surface area contributed by atoms with Gasteiger partial charge in [-0.1, -0.05) is 13.3 Å². The standard InChI is InChI=1S/C16H25N3O/c1-3-6-13-11-19(9-10-20-13)16-14-7-4-5-8-15(14)17-12(2)18-16/h13H,3-11H2,1-2H3. The van der Waals surface area contributed by atoms with E-state index in [9.17, 15) is 0 Å². The van der Waals surface area contributed by atoms with Crippen LogP contribution in [-0.4, -0.2) is 35.8 Å². The van der Waals surface area contributed by atoms with Crippen molar-refractivity contribution >= 4 is 5.82 Å². The SMILES string of the molecule is CCCC1CN(c2nc(C)nc3c2CCCC3)CCO1. The van der Waals surface area contributed by atoms with E-state index in [2.05, 4.69) is 16.8 Å². The Hall–Kier alpha value is -1.16. The number of nitrogens with zero attached hydrogens (tertiary/aromatic N) is 3. The molecule has 4 nitrogen and oxygen atoms in total. The van der Waals surface area contributed by atoms with Crippen LogP contribution in [-0.2, 0) is 17.6 Å². The molecule has 0 saturated carbocycles. The highest BCUT2D eigenvalue weighted by molar-refractivity contribution is 5.50. The maximum Gasteiger partial charge on any atom is 0.135 e. The summed E-state index contributed by atoms with van der Waals surface area (Å²) in [6.07, 6.45) is 7.49. The molecule has 0 aromatic carbocycles. The second-order valence-electron chi connectivity index (χ2n) is 5.95. The van der Waals surface area contributed by atoms with Gasteiger partial charge in [0.25, 0.3) is 0 Å². The van der Waals surface area contributed by atoms with Crippen LogP contribution in [0.1, 0.15) is 49.7 Å². The van der Waals surface area contributed by atoms with Gasteiger partial charge in [0.2, 0.25) is 0 Å². The molecule has 1 fully saturated rings. The van der Waals surface area contributed by atoms with Crippen molar-refractivity contribution in [1.29, 1.82) is 0 Å². The quantitative estimate of drug-likeness (QED) is 0.850. The van der Waals surface area contributed by atoms with Crippen molar-refractivity contribution in [3.8, 4) is 0 Å². The summed E-state index contributed by atoms with van der Waals surface area (Å²) < 4.78 is 5.86. The molecule has 1 aliphatic heterocycles. The minimum Gasteiger partial charge on any atom is -0.375 e. The molecule has 1 unspecified atom stereocenters. The highest BCUT2D eigenvalue weighted by atomic mass is 16.5. The summed E-state index contributed by atoms with van der Waals surface area (Å²) in [4.78, 5) is 11.9. The largest absolute Gasteiger partial charge is 0.375 e. The Balaban J connectivity index is 1.87. The third kappa shape index (κ3) is 2.80. The zero-order valence-corrected chi connectivity index (χ0v) is 12.7. The summed E-state index contributed by atoms with van der Waals surface area (Å²) in [6, 6.07) is 0. The van der Waals surface area contributed by atoms with Gasteiger partial charge in [0.05, 0.1) is 12.7 Å². The van der Waals surface area contributed by atoms with E-state index in [-0.39, 0.29) is 0 Å². The molecule has 1 atom stereocenters. The molecule has 0 radical (unpaired) electrons. The number of hydrogen-bond acceptors (Lipinski definition) is 4. The third-order valence-electron chi connectivity index (χ3n) is 4.32. The van der Waals surface area contributed by atoms with Crippen LogP contribution in [0.5, 0.6) is 0 Å². The zero-order valence-electron chi connectivity index (χ0n) is 12.7. The van der Waals surface area contributed by atoms with Crippen molar-refractivity contribution in [3.63, 3.8) is 0 Å². The van der Waals surface area contributed by atoms with Crippen LogP contribution in [0.25, 0.3) is 0 Å². The average Bonchev–Trinajstić information content (AvgIpc) is 2.47. The fourth-order valence-corrected chi connectivity index (χ4v) is 3.36. The van der Waals surface area contributed by atoms with Crippen molar-refractivity contribution < 1.29 is 4.74 Å². The van der Waals surface area contributed by atoms with Gasteiger partial charge in [-0.15, -0.1) is 0 Å². The van der Waals surface area contributed by atoms with E-state index >= 15 is 0 Å². The molecule has 0 amide bonds. The van der Waals surface area contributed by atoms with Gasteiger partial charge in [0.1, 0.15) is 11.6 Å². The lowest BCUT2D eigenvalue weighted by molar-refractivity contribution is 0.0345. The topological polar surface area (TPSA) is 38.2 Å².